The van der Waals surface area contributed by atoms with Gasteiger partial charge in [0.15, 0.2) is 0 Å². The molecular weight excluding hydrogens is 376 g/mol. The summed E-state index contributed by atoms with van der Waals surface area (Å²) in [4.78, 5) is 28.7. The Morgan fingerprint density at radius 1 is 1.04 bits per heavy atom. The van der Waals surface area contributed by atoms with E-state index in [1.165, 1.54) is 0 Å². The number of carbonyl (C=O) groups excluding carboxylic acids is 2. The van der Waals surface area contributed by atoms with E-state index in [0.29, 0.717) is 24.3 Å². The first-order chi connectivity index (χ1) is 13.5. The van der Waals surface area contributed by atoms with Gasteiger partial charge in [0.2, 0.25) is 5.91 Å². The van der Waals surface area contributed by atoms with Crippen molar-refractivity contribution in [1.82, 2.24) is 10.2 Å². The number of rotatable bonds is 6. The maximum Gasteiger partial charge on any atom is 0.251 e. The van der Waals surface area contributed by atoms with Gasteiger partial charge in [0.1, 0.15) is 0 Å². The summed E-state index contributed by atoms with van der Waals surface area (Å²) in [6.07, 6.45) is 0. The number of carbonyl (C=O) groups is 2. The van der Waals surface area contributed by atoms with Gasteiger partial charge in [-0.3, -0.25) is 14.5 Å². The van der Waals surface area contributed by atoms with Crippen LogP contribution >= 0.6 is 11.6 Å². The van der Waals surface area contributed by atoms with Gasteiger partial charge < -0.3 is 15.5 Å². The summed E-state index contributed by atoms with van der Waals surface area (Å²) in [7, 11) is 0. The van der Waals surface area contributed by atoms with Gasteiger partial charge in [-0.1, -0.05) is 23.7 Å². The lowest BCUT2D eigenvalue weighted by atomic mass is 10.2. The molecule has 0 atom stereocenters. The monoisotopic (exact) mass is 400 g/mol. The number of hydrogen-bond acceptors (Lipinski definition) is 4. The van der Waals surface area contributed by atoms with Crippen LogP contribution in [0.1, 0.15) is 17.3 Å². The molecule has 0 unspecified atom stereocenters. The van der Waals surface area contributed by atoms with Crippen molar-refractivity contribution in [3.8, 4) is 0 Å². The Morgan fingerprint density at radius 3 is 2.50 bits per heavy atom. The molecule has 148 valence electrons. The fourth-order valence-corrected chi connectivity index (χ4v) is 3.43. The van der Waals surface area contributed by atoms with Crippen molar-refractivity contribution in [3.63, 3.8) is 0 Å². The maximum atomic E-state index is 12.4. The molecule has 0 saturated carbocycles. The highest BCUT2D eigenvalue weighted by Crippen LogP contribution is 2.20. The van der Waals surface area contributed by atoms with Gasteiger partial charge in [0, 0.05) is 54.7 Å². The molecular formula is C21H25ClN4O2. The second-order valence-electron chi connectivity index (χ2n) is 6.73. The van der Waals surface area contributed by atoms with Crippen molar-refractivity contribution in [1.29, 1.82) is 0 Å². The van der Waals surface area contributed by atoms with Gasteiger partial charge in [0.25, 0.3) is 5.91 Å². The summed E-state index contributed by atoms with van der Waals surface area (Å²) in [6.45, 7) is 6.07. The van der Waals surface area contributed by atoms with E-state index in [2.05, 4.69) is 26.5 Å². The van der Waals surface area contributed by atoms with E-state index < -0.39 is 0 Å². The molecule has 2 amide bonds. The fourth-order valence-electron chi connectivity index (χ4n) is 3.24. The van der Waals surface area contributed by atoms with E-state index in [0.717, 1.165) is 36.9 Å². The molecule has 6 nitrogen and oxygen atoms in total. The van der Waals surface area contributed by atoms with Crippen LogP contribution in [-0.4, -0.2) is 56.0 Å². The van der Waals surface area contributed by atoms with E-state index in [4.69, 9.17) is 11.6 Å². The molecule has 0 aliphatic carbocycles. The number of nitrogens with one attached hydrogen (secondary N) is 2. The number of nitrogens with zero attached hydrogens (tertiary/aromatic N) is 2. The summed E-state index contributed by atoms with van der Waals surface area (Å²) in [5, 5.41) is 6.37. The Balaban J connectivity index is 1.50. The highest BCUT2D eigenvalue weighted by atomic mass is 35.5. The lowest BCUT2D eigenvalue weighted by Gasteiger charge is -2.35. The van der Waals surface area contributed by atoms with Crippen LogP contribution in [0.25, 0.3) is 0 Å². The van der Waals surface area contributed by atoms with Gasteiger partial charge in [-0.2, -0.15) is 0 Å². The number of amides is 2. The third kappa shape index (κ3) is 5.47. The normalized spacial score (nSPS) is 14.6. The van der Waals surface area contributed by atoms with Crippen LogP contribution in [0.5, 0.6) is 0 Å². The van der Waals surface area contributed by atoms with E-state index in [9.17, 15) is 9.59 Å². The van der Waals surface area contributed by atoms with Crippen LogP contribution in [0.4, 0.5) is 11.4 Å². The lowest BCUT2D eigenvalue weighted by Crippen LogP contribution is -2.48. The molecule has 1 saturated heterocycles. The molecule has 28 heavy (non-hydrogen) atoms. The number of piperazine rings is 1. The summed E-state index contributed by atoms with van der Waals surface area (Å²) in [5.74, 6) is -0.222. The molecule has 2 aromatic rings. The van der Waals surface area contributed by atoms with Gasteiger partial charge in [0.05, 0.1) is 6.54 Å². The Bertz CT molecular complexity index is 835. The topological polar surface area (TPSA) is 64.7 Å². The first kappa shape index (κ1) is 20.2. The zero-order chi connectivity index (χ0) is 19.9. The molecule has 1 fully saturated rings. The van der Waals surface area contributed by atoms with Crippen molar-refractivity contribution in [2.24, 2.45) is 0 Å². The van der Waals surface area contributed by atoms with E-state index in [1.807, 2.05) is 25.1 Å². The van der Waals surface area contributed by atoms with Crippen LogP contribution in [-0.2, 0) is 4.79 Å². The molecule has 1 aliphatic heterocycles. The van der Waals surface area contributed by atoms with Crippen molar-refractivity contribution >= 4 is 34.8 Å². The predicted molar refractivity (Wildman–Crippen MR) is 113 cm³/mol. The predicted octanol–water partition coefficient (Wildman–Crippen LogP) is 2.85. The molecule has 2 aromatic carbocycles. The largest absolute Gasteiger partial charge is 0.369 e. The molecule has 2 N–H and O–H groups in total. The van der Waals surface area contributed by atoms with Crippen LogP contribution in [0.15, 0.2) is 48.5 Å². The Labute approximate surface area is 170 Å². The molecule has 0 bridgehead atoms. The second-order valence-corrected chi connectivity index (χ2v) is 7.17. The maximum absolute atomic E-state index is 12.4. The summed E-state index contributed by atoms with van der Waals surface area (Å²) in [6, 6.07) is 14.8. The Hall–Kier alpha value is -2.57. The van der Waals surface area contributed by atoms with Crippen LogP contribution in [0.3, 0.4) is 0 Å². The molecule has 0 spiro atoms. The van der Waals surface area contributed by atoms with Crippen molar-refractivity contribution < 1.29 is 9.59 Å². The fraction of sp³-hybridized carbons (Fsp3) is 0.333. The highest BCUT2D eigenvalue weighted by Gasteiger charge is 2.19. The van der Waals surface area contributed by atoms with Crippen molar-refractivity contribution in [2.45, 2.75) is 6.92 Å². The third-order valence-corrected chi connectivity index (χ3v) is 4.89. The standard InChI is InChI=1S/C21H25ClN4O2/c1-2-23-21(28)16-5-3-7-18(13-16)24-20(27)15-25-9-11-26(12-10-25)19-8-4-6-17(22)14-19/h3-8,13-14H,2,9-12,15H2,1H3,(H,23,28)(H,24,27). The minimum atomic E-state index is -0.143. The minimum absolute atomic E-state index is 0.0794. The summed E-state index contributed by atoms with van der Waals surface area (Å²) in [5.41, 5.74) is 2.28. The Morgan fingerprint density at radius 2 is 1.79 bits per heavy atom. The SMILES string of the molecule is CCNC(=O)c1cccc(NC(=O)CN2CCN(c3cccc(Cl)c3)CC2)c1. The van der Waals surface area contributed by atoms with Crippen LogP contribution in [0, 0.1) is 0 Å². The van der Waals surface area contributed by atoms with Crippen LogP contribution in [0.2, 0.25) is 5.02 Å². The van der Waals surface area contributed by atoms with Gasteiger partial charge >= 0.3 is 0 Å². The summed E-state index contributed by atoms with van der Waals surface area (Å²) >= 11 is 6.07. The molecule has 3 rings (SSSR count). The van der Waals surface area contributed by atoms with E-state index in [1.54, 1.807) is 24.3 Å². The van der Waals surface area contributed by atoms with Gasteiger partial charge in [-0.05, 0) is 43.3 Å². The summed E-state index contributed by atoms with van der Waals surface area (Å²) < 4.78 is 0. The first-order valence-electron chi connectivity index (χ1n) is 9.46. The lowest BCUT2D eigenvalue weighted by molar-refractivity contribution is -0.117. The average molecular weight is 401 g/mol. The van der Waals surface area contributed by atoms with E-state index in [-0.39, 0.29) is 11.8 Å². The number of halogens is 1. The molecule has 0 radical (unpaired) electrons. The number of benzene rings is 2. The third-order valence-electron chi connectivity index (χ3n) is 4.66. The van der Waals surface area contributed by atoms with Gasteiger partial charge in [-0.25, -0.2) is 0 Å². The van der Waals surface area contributed by atoms with Crippen LogP contribution < -0.4 is 15.5 Å². The quantitative estimate of drug-likeness (QED) is 0.782. The zero-order valence-electron chi connectivity index (χ0n) is 16.0. The molecule has 0 aromatic heterocycles. The van der Waals surface area contributed by atoms with Crippen molar-refractivity contribution in [3.05, 3.63) is 59.1 Å². The van der Waals surface area contributed by atoms with Gasteiger partial charge in [-0.15, -0.1) is 0 Å². The molecule has 7 heteroatoms. The van der Waals surface area contributed by atoms with E-state index >= 15 is 0 Å². The zero-order valence-corrected chi connectivity index (χ0v) is 16.7. The smallest absolute Gasteiger partial charge is 0.251 e. The first-order valence-corrected chi connectivity index (χ1v) is 9.84. The molecule has 1 heterocycles. The van der Waals surface area contributed by atoms with Crippen molar-refractivity contribution in [2.75, 3.05) is 49.5 Å². The molecule has 1 aliphatic rings. The second kappa shape index (κ2) is 9.57. The number of hydrogen-bond donors (Lipinski definition) is 2. The highest BCUT2D eigenvalue weighted by molar-refractivity contribution is 6.30. The minimum Gasteiger partial charge on any atom is -0.369 e. The number of anilines is 2. The Kier molecular flexibility index (Phi) is 6.90. The average Bonchev–Trinajstić information content (AvgIpc) is 2.69.